The van der Waals surface area contributed by atoms with Gasteiger partial charge in [0.1, 0.15) is 32.3 Å². The lowest BCUT2D eigenvalue weighted by Gasteiger charge is -2.38. The fourth-order valence-electron chi connectivity index (χ4n) is 4.16. The minimum atomic E-state index is -0.575. The van der Waals surface area contributed by atoms with Gasteiger partial charge in [-0.05, 0) is 24.0 Å². The van der Waals surface area contributed by atoms with Gasteiger partial charge in [0.05, 0.1) is 19.8 Å². The number of aliphatic hydroxyl groups excluding tert-OH is 4. The number of unbranched alkanes of at least 4 members (excludes halogenated alkanes) is 6. The zero-order chi connectivity index (χ0) is 21.4. The van der Waals surface area contributed by atoms with E-state index in [9.17, 15) is 20.4 Å². The van der Waals surface area contributed by atoms with Gasteiger partial charge in [-0.3, -0.25) is 0 Å². The van der Waals surface area contributed by atoms with Crippen LogP contribution in [0.1, 0.15) is 63.0 Å². The highest BCUT2D eigenvalue weighted by molar-refractivity contribution is 5.23. The highest BCUT2D eigenvalue weighted by Crippen LogP contribution is 2.15. The van der Waals surface area contributed by atoms with Crippen molar-refractivity contribution in [2.24, 2.45) is 0 Å². The lowest BCUT2D eigenvalue weighted by atomic mass is 10.0. The Balaban J connectivity index is 2.44. The molecule has 29 heavy (non-hydrogen) atoms. The van der Waals surface area contributed by atoms with Gasteiger partial charge in [-0.25, -0.2) is 0 Å². The molecule has 0 spiro atoms. The summed E-state index contributed by atoms with van der Waals surface area (Å²) in [5.74, 6) is 0. The van der Waals surface area contributed by atoms with E-state index in [1.807, 2.05) is 0 Å². The molecule has 0 aliphatic carbocycles. The van der Waals surface area contributed by atoms with E-state index in [0.29, 0.717) is 37.1 Å². The molecule has 1 rings (SSSR count). The lowest BCUT2D eigenvalue weighted by molar-refractivity contribution is -0.931. The van der Waals surface area contributed by atoms with Crippen LogP contribution >= 0.6 is 0 Å². The van der Waals surface area contributed by atoms with Crippen LogP contribution in [-0.2, 0) is 12.8 Å². The summed E-state index contributed by atoms with van der Waals surface area (Å²) in [6, 6.07) is 8.52. The summed E-state index contributed by atoms with van der Waals surface area (Å²) >= 11 is 0. The first kappa shape index (κ1) is 26.1. The number of hydrogen-bond donors (Lipinski definition) is 4. The third-order valence-corrected chi connectivity index (χ3v) is 5.88. The maximum atomic E-state index is 10.6. The summed E-state index contributed by atoms with van der Waals surface area (Å²) in [6.07, 6.45) is 10.3. The molecule has 0 bridgehead atoms. The predicted molar refractivity (Wildman–Crippen MR) is 119 cm³/mol. The highest BCUT2D eigenvalue weighted by Gasteiger charge is 2.29. The van der Waals surface area contributed by atoms with Gasteiger partial charge in [0.15, 0.2) is 0 Å². The minimum absolute atomic E-state index is 0.0278. The number of hydrogen-bond acceptors (Lipinski definition) is 4. The normalized spacial score (nSPS) is 13.0. The molecule has 0 radical (unpaired) electrons. The molecule has 1 unspecified atom stereocenters. The van der Waals surface area contributed by atoms with Crippen LogP contribution in [0.4, 0.5) is 0 Å². The Morgan fingerprint density at radius 2 is 1.21 bits per heavy atom. The first-order chi connectivity index (χ1) is 14.1. The number of quaternary nitrogens is 1. The van der Waals surface area contributed by atoms with E-state index in [-0.39, 0.29) is 19.8 Å². The van der Waals surface area contributed by atoms with Crippen LogP contribution in [0.3, 0.4) is 0 Å². The van der Waals surface area contributed by atoms with Crippen molar-refractivity contribution in [3.8, 4) is 0 Å². The summed E-state index contributed by atoms with van der Waals surface area (Å²) in [5.41, 5.74) is 2.44. The average Bonchev–Trinajstić information content (AvgIpc) is 2.69. The Bertz CT molecular complexity index is 489. The van der Waals surface area contributed by atoms with Gasteiger partial charge in [-0.2, -0.15) is 0 Å². The van der Waals surface area contributed by atoms with E-state index in [1.165, 1.54) is 50.5 Å². The molecule has 1 aromatic rings. The predicted octanol–water partition coefficient (Wildman–Crippen LogP) is 2.68. The molecular formula is C24H44NO4+. The van der Waals surface area contributed by atoms with Gasteiger partial charge in [-0.1, -0.05) is 69.7 Å². The number of rotatable bonds is 18. The van der Waals surface area contributed by atoms with Crippen LogP contribution in [0.25, 0.3) is 0 Å². The number of aryl methyl sites for hydroxylation is 1. The van der Waals surface area contributed by atoms with Crippen LogP contribution < -0.4 is 0 Å². The fraction of sp³-hybridized carbons (Fsp3) is 0.750. The van der Waals surface area contributed by atoms with E-state index in [4.69, 9.17) is 0 Å². The van der Waals surface area contributed by atoms with E-state index < -0.39 is 6.10 Å². The Hall–Kier alpha value is -0.980. The second kappa shape index (κ2) is 15.8. The molecule has 168 valence electrons. The Labute approximate surface area is 177 Å². The van der Waals surface area contributed by atoms with Crippen molar-refractivity contribution in [2.75, 3.05) is 46.0 Å². The Morgan fingerprint density at radius 3 is 1.72 bits per heavy atom. The molecule has 1 aromatic carbocycles. The third-order valence-electron chi connectivity index (χ3n) is 5.88. The van der Waals surface area contributed by atoms with Crippen LogP contribution in [0, 0.1) is 0 Å². The third kappa shape index (κ3) is 11.1. The van der Waals surface area contributed by atoms with Crippen LogP contribution in [0.15, 0.2) is 24.3 Å². The number of nitrogens with zero attached hydrogens (tertiary/aromatic N) is 1. The smallest absolute Gasteiger partial charge is 0.107 e. The summed E-state index contributed by atoms with van der Waals surface area (Å²) in [7, 11) is 0. The maximum Gasteiger partial charge on any atom is 0.107 e. The van der Waals surface area contributed by atoms with E-state index in [0.717, 1.165) is 12.0 Å². The molecule has 0 amide bonds. The number of benzene rings is 1. The first-order valence-electron chi connectivity index (χ1n) is 11.5. The topological polar surface area (TPSA) is 80.9 Å². The highest BCUT2D eigenvalue weighted by atomic mass is 16.3. The largest absolute Gasteiger partial charge is 0.391 e. The van der Waals surface area contributed by atoms with Gasteiger partial charge in [0, 0.05) is 6.42 Å². The van der Waals surface area contributed by atoms with Gasteiger partial charge in [0.2, 0.25) is 0 Å². The first-order valence-corrected chi connectivity index (χ1v) is 11.5. The molecule has 0 aromatic heterocycles. The van der Waals surface area contributed by atoms with E-state index >= 15 is 0 Å². The van der Waals surface area contributed by atoms with E-state index in [2.05, 4.69) is 31.2 Å². The molecule has 5 nitrogen and oxygen atoms in total. The van der Waals surface area contributed by atoms with Crippen LogP contribution in [0.2, 0.25) is 0 Å². The molecule has 0 saturated heterocycles. The molecule has 0 heterocycles. The molecule has 0 saturated carbocycles. The average molecular weight is 411 g/mol. The zero-order valence-electron chi connectivity index (χ0n) is 18.4. The van der Waals surface area contributed by atoms with Crippen molar-refractivity contribution < 1.29 is 24.9 Å². The van der Waals surface area contributed by atoms with Crippen molar-refractivity contribution in [3.05, 3.63) is 35.4 Å². The fourth-order valence-corrected chi connectivity index (χ4v) is 4.16. The second-order valence-electron chi connectivity index (χ2n) is 8.41. The van der Waals surface area contributed by atoms with Crippen LogP contribution in [0.5, 0.6) is 0 Å². The van der Waals surface area contributed by atoms with Crippen molar-refractivity contribution in [1.29, 1.82) is 0 Å². The van der Waals surface area contributed by atoms with Crippen molar-refractivity contribution >= 4 is 0 Å². The lowest BCUT2D eigenvalue weighted by Crippen LogP contribution is -2.57. The van der Waals surface area contributed by atoms with Gasteiger partial charge in [0.25, 0.3) is 0 Å². The summed E-state index contributed by atoms with van der Waals surface area (Å²) in [4.78, 5) is 0. The van der Waals surface area contributed by atoms with Gasteiger partial charge in [-0.15, -0.1) is 0 Å². The molecule has 4 N–H and O–H groups in total. The Morgan fingerprint density at radius 1 is 0.724 bits per heavy atom. The SMILES string of the molecule is CCCCCCCCCc1ccc(CC(O)C[N+](CCO)(CCO)CCO)cc1. The molecular weight excluding hydrogens is 366 g/mol. The van der Waals surface area contributed by atoms with Crippen molar-refractivity contribution in [2.45, 2.75) is 70.8 Å². The van der Waals surface area contributed by atoms with Crippen molar-refractivity contribution in [3.63, 3.8) is 0 Å². The number of aliphatic hydroxyl groups is 4. The van der Waals surface area contributed by atoms with Crippen molar-refractivity contribution in [1.82, 2.24) is 0 Å². The monoisotopic (exact) mass is 410 g/mol. The minimum Gasteiger partial charge on any atom is -0.391 e. The second-order valence-corrected chi connectivity index (χ2v) is 8.41. The zero-order valence-corrected chi connectivity index (χ0v) is 18.4. The van der Waals surface area contributed by atoms with Gasteiger partial charge < -0.3 is 24.9 Å². The quantitative estimate of drug-likeness (QED) is 0.222. The summed E-state index contributed by atoms with van der Waals surface area (Å²) in [5, 5.41) is 38.7. The maximum absolute atomic E-state index is 10.6. The molecule has 0 fully saturated rings. The molecule has 1 atom stereocenters. The molecule has 5 heteroatoms. The Kier molecular flexibility index (Phi) is 14.2. The van der Waals surface area contributed by atoms with E-state index in [1.54, 1.807) is 0 Å². The molecule has 0 aliphatic rings. The summed E-state index contributed by atoms with van der Waals surface area (Å²) < 4.78 is 0.334. The van der Waals surface area contributed by atoms with Crippen LogP contribution in [-0.4, -0.2) is 77.0 Å². The summed E-state index contributed by atoms with van der Waals surface area (Å²) in [6.45, 7) is 3.86. The standard InChI is InChI=1S/C24H44NO4/c1-2-3-4-5-6-7-8-9-22-10-12-23(13-11-22)20-24(29)21-25(14-17-26,15-18-27)16-19-28/h10-13,24,26-29H,2-9,14-21H2,1H3/q+1. The van der Waals surface area contributed by atoms with Gasteiger partial charge >= 0.3 is 0 Å². The molecule has 0 aliphatic heterocycles.